The zero-order valence-electron chi connectivity index (χ0n) is 12.2. The summed E-state index contributed by atoms with van der Waals surface area (Å²) in [5.74, 6) is 0.636. The van der Waals surface area contributed by atoms with Crippen LogP contribution in [-0.2, 0) is 11.2 Å². The molecular weight excluding hydrogens is 222 g/mol. The van der Waals surface area contributed by atoms with Crippen LogP contribution in [0.25, 0.3) is 0 Å². The van der Waals surface area contributed by atoms with Crippen molar-refractivity contribution in [3.8, 4) is 0 Å². The van der Waals surface area contributed by atoms with Gasteiger partial charge in [0.05, 0.1) is 6.61 Å². The van der Waals surface area contributed by atoms with Crippen molar-refractivity contribution in [2.45, 2.75) is 27.2 Å². The van der Waals surface area contributed by atoms with Crippen LogP contribution in [0.4, 0.5) is 0 Å². The van der Waals surface area contributed by atoms with Gasteiger partial charge in [-0.05, 0) is 29.9 Å². The first kappa shape index (κ1) is 15.2. The molecular formula is C16H27NO. The molecule has 0 saturated heterocycles. The van der Waals surface area contributed by atoms with Crippen molar-refractivity contribution < 1.29 is 4.74 Å². The van der Waals surface area contributed by atoms with Crippen molar-refractivity contribution in [3.63, 3.8) is 0 Å². The van der Waals surface area contributed by atoms with Gasteiger partial charge in [-0.3, -0.25) is 0 Å². The molecule has 1 rings (SSSR count). The summed E-state index contributed by atoms with van der Waals surface area (Å²) in [5, 5.41) is 3.49. The molecule has 2 heteroatoms. The Hall–Kier alpha value is -0.860. The van der Waals surface area contributed by atoms with Crippen LogP contribution in [0.1, 0.15) is 26.3 Å². The molecule has 2 nitrogen and oxygen atoms in total. The summed E-state index contributed by atoms with van der Waals surface area (Å²) in [6.07, 6.45) is 1.13. The lowest BCUT2D eigenvalue weighted by molar-refractivity contribution is 0.186. The smallest absolute Gasteiger partial charge is 0.0587 e. The van der Waals surface area contributed by atoms with Crippen molar-refractivity contribution in [2.24, 2.45) is 11.3 Å². The van der Waals surface area contributed by atoms with Gasteiger partial charge in [-0.15, -0.1) is 0 Å². The minimum absolute atomic E-state index is 0.315. The van der Waals surface area contributed by atoms with Gasteiger partial charge in [0, 0.05) is 13.7 Å². The minimum atomic E-state index is 0.315. The number of rotatable bonds is 7. The number of hydrogen-bond acceptors (Lipinski definition) is 2. The third-order valence-corrected chi connectivity index (χ3v) is 3.42. The van der Waals surface area contributed by atoms with Gasteiger partial charge in [-0.1, -0.05) is 51.1 Å². The van der Waals surface area contributed by atoms with E-state index in [0.717, 1.165) is 26.1 Å². The van der Waals surface area contributed by atoms with Gasteiger partial charge >= 0.3 is 0 Å². The van der Waals surface area contributed by atoms with Crippen LogP contribution < -0.4 is 5.32 Å². The van der Waals surface area contributed by atoms with Crippen LogP contribution in [0.3, 0.4) is 0 Å². The zero-order valence-corrected chi connectivity index (χ0v) is 12.2. The summed E-state index contributed by atoms with van der Waals surface area (Å²) in [5.41, 5.74) is 1.74. The molecule has 1 N–H and O–H groups in total. The van der Waals surface area contributed by atoms with E-state index < -0.39 is 0 Å². The molecule has 0 spiro atoms. The molecule has 18 heavy (non-hydrogen) atoms. The van der Waals surface area contributed by atoms with E-state index >= 15 is 0 Å². The highest BCUT2D eigenvalue weighted by Crippen LogP contribution is 2.28. The fourth-order valence-corrected chi connectivity index (χ4v) is 2.03. The molecule has 0 radical (unpaired) electrons. The van der Waals surface area contributed by atoms with Crippen molar-refractivity contribution in [1.29, 1.82) is 0 Å². The predicted molar refractivity (Wildman–Crippen MR) is 77.8 cm³/mol. The van der Waals surface area contributed by atoms with E-state index in [0.29, 0.717) is 11.3 Å². The summed E-state index contributed by atoms with van der Waals surface area (Å²) in [7, 11) is 1.74. The first-order valence-electron chi connectivity index (χ1n) is 6.77. The molecule has 0 bridgehead atoms. The first-order valence-corrected chi connectivity index (χ1v) is 6.77. The first-order chi connectivity index (χ1) is 8.54. The van der Waals surface area contributed by atoms with Crippen LogP contribution in [0.2, 0.25) is 0 Å². The van der Waals surface area contributed by atoms with Crippen LogP contribution in [0.15, 0.2) is 30.3 Å². The third kappa shape index (κ3) is 5.65. The predicted octanol–water partition coefficient (Wildman–Crippen LogP) is 3.13. The second-order valence-electron chi connectivity index (χ2n) is 5.95. The SMILES string of the molecule is COCCNCC(Cc1ccccc1)C(C)(C)C. The number of methoxy groups -OCH3 is 1. The van der Waals surface area contributed by atoms with Gasteiger partial charge in [0.2, 0.25) is 0 Å². The normalized spacial score (nSPS) is 13.6. The molecule has 0 heterocycles. The molecule has 1 aromatic carbocycles. The quantitative estimate of drug-likeness (QED) is 0.750. The van der Waals surface area contributed by atoms with E-state index in [1.807, 2.05) is 0 Å². The van der Waals surface area contributed by atoms with Gasteiger partial charge in [0.25, 0.3) is 0 Å². The molecule has 0 saturated carbocycles. The van der Waals surface area contributed by atoms with E-state index in [9.17, 15) is 0 Å². The molecule has 0 amide bonds. The number of hydrogen-bond donors (Lipinski definition) is 1. The van der Waals surface area contributed by atoms with E-state index in [1.165, 1.54) is 5.56 Å². The maximum Gasteiger partial charge on any atom is 0.0587 e. The average Bonchev–Trinajstić information content (AvgIpc) is 2.33. The number of nitrogens with one attached hydrogen (secondary N) is 1. The Morgan fingerprint density at radius 3 is 2.39 bits per heavy atom. The summed E-state index contributed by atoms with van der Waals surface area (Å²) < 4.78 is 5.07. The minimum Gasteiger partial charge on any atom is -0.383 e. The molecule has 102 valence electrons. The molecule has 0 fully saturated rings. The number of benzene rings is 1. The molecule has 1 aromatic rings. The van der Waals surface area contributed by atoms with Gasteiger partial charge in [0.15, 0.2) is 0 Å². The maximum absolute atomic E-state index is 5.07. The Labute approximate surface area is 112 Å². The van der Waals surface area contributed by atoms with Crippen molar-refractivity contribution in [2.75, 3.05) is 26.8 Å². The van der Waals surface area contributed by atoms with Gasteiger partial charge < -0.3 is 10.1 Å². The molecule has 0 aliphatic heterocycles. The summed E-state index contributed by atoms with van der Waals surface area (Å²) in [6, 6.07) is 10.7. The Kier molecular flexibility index (Phi) is 6.37. The second-order valence-corrected chi connectivity index (χ2v) is 5.95. The Balaban J connectivity index is 2.51. The monoisotopic (exact) mass is 249 g/mol. The molecule has 0 aliphatic carbocycles. The average molecular weight is 249 g/mol. The summed E-state index contributed by atoms with van der Waals surface area (Å²) in [4.78, 5) is 0. The fraction of sp³-hybridized carbons (Fsp3) is 0.625. The van der Waals surface area contributed by atoms with E-state index in [-0.39, 0.29) is 0 Å². The third-order valence-electron chi connectivity index (χ3n) is 3.42. The highest BCUT2D eigenvalue weighted by Gasteiger charge is 2.24. The largest absolute Gasteiger partial charge is 0.383 e. The van der Waals surface area contributed by atoms with Crippen LogP contribution >= 0.6 is 0 Å². The standard InChI is InChI=1S/C16H27NO/c1-16(2,3)15(13-17-10-11-18-4)12-14-8-6-5-7-9-14/h5-9,15,17H,10-13H2,1-4H3. The summed E-state index contributed by atoms with van der Waals surface area (Å²) in [6.45, 7) is 9.71. The van der Waals surface area contributed by atoms with Gasteiger partial charge in [-0.2, -0.15) is 0 Å². The topological polar surface area (TPSA) is 21.3 Å². The fourth-order valence-electron chi connectivity index (χ4n) is 2.03. The highest BCUT2D eigenvalue weighted by atomic mass is 16.5. The highest BCUT2D eigenvalue weighted by molar-refractivity contribution is 5.15. The molecule has 0 aromatic heterocycles. The van der Waals surface area contributed by atoms with E-state index in [1.54, 1.807) is 7.11 Å². The van der Waals surface area contributed by atoms with Crippen LogP contribution in [0, 0.1) is 11.3 Å². The van der Waals surface area contributed by atoms with E-state index in [4.69, 9.17) is 4.74 Å². The van der Waals surface area contributed by atoms with Gasteiger partial charge in [0.1, 0.15) is 0 Å². The Morgan fingerprint density at radius 2 is 1.83 bits per heavy atom. The molecule has 1 atom stereocenters. The summed E-state index contributed by atoms with van der Waals surface area (Å²) >= 11 is 0. The van der Waals surface area contributed by atoms with Crippen LogP contribution in [-0.4, -0.2) is 26.8 Å². The van der Waals surface area contributed by atoms with Gasteiger partial charge in [-0.25, -0.2) is 0 Å². The second kappa shape index (κ2) is 7.55. The van der Waals surface area contributed by atoms with Crippen molar-refractivity contribution in [3.05, 3.63) is 35.9 Å². The maximum atomic E-state index is 5.07. The Morgan fingerprint density at radius 1 is 1.17 bits per heavy atom. The van der Waals surface area contributed by atoms with E-state index in [2.05, 4.69) is 56.4 Å². The van der Waals surface area contributed by atoms with Crippen LogP contribution in [0.5, 0.6) is 0 Å². The molecule has 0 aliphatic rings. The molecule has 1 unspecified atom stereocenters. The zero-order chi connectivity index (χ0) is 13.4. The Bertz CT molecular complexity index is 316. The lowest BCUT2D eigenvalue weighted by atomic mass is 9.77. The number of ether oxygens (including phenoxy) is 1. The lowest BCUT2D eigenvalue weighted by Gasteiger charge is -2.31. The van der Waals surface area contributed by atoms with Crippen molar-refractivity contribution in [1.82, 2.24) is 5.32 Å². The van der Waals surface area contributed by atoms with Crippen molar-refractivity contribution >= 4 is 0 Å². The lowest BCUT2D eigenvalue weighted by Crippen LogP contribution is -2.34.